The molecule has 6 heteroatoms. The summed E-state index contributed by atoms with van der Waals surface area (Å²) in [6, 6.07) is 0.620. The van der Waals surface area contributed by atoms with Gasteiger partial charge in [-0.2, -0.15) is 8.75 Å². The molecule has 17 heavy (non-hydrogen) atoms. The summed E-state index contributed by atoms with van der Waals surface area (Å²) in [6.07, 6.45) is 5.55. The van der Waals surface area contributed by atoms with E-state index in [-0.39, 0.29) is 5.91 Å². The van der Waals surface area contributed by atoms with E-state index in [9.17, 15) is 4.79 Å². The molecule has 1 aliphatic carbocycles. The third-order valence-electron chi connectivity index (χ3n) is 3.36. The highest BCUT2D eigenvalue weighted by molar-refractivity contribution is 6.99. The summed E-state index contributed by atoms with van der Waals surface area (Å²) >= 11 is 1.08. The van der Waals surface area contributed by atoms with Crippen molar-refractivity contribution in [3.05, 3.63) is 11.9 Å². The molecule has 0 spiro atoms. The fourth-order valence-corrected chi connectivity index (χ4v) is 2.79. The number of nitrogens with two attached hydrogens (primary N) is 1. The van der Waals surface area contributed by atoms with E-state index in [0.717, 1.165) is 44.0 Å². The van der Waals surface area contributed by atoms with Gasteiger partial charge in [-0.25, -0.2) is 0 Å². The third-order valence-corrected chi connectivity index (χ3v) is 3.84. The smallest absolute Gasteiger partial charge is 0.275 e. The van der Waals surface area contributed by atoms with E-state index in [0.29, 0.717) is 17.8 Å². The van der Waals surface area contributed by atoms with E-state index < -0.39 is 0 Å². The van der Waals surface area contributed by atoms with E-state index in [1.807, 2.05) is 11.8 Å². The van der Waals surface area contributed by atoms with Crippen molar-refractivity contribution in [2.45, 2.75) is 44.7 Å². The number of aromatic nitrogens is 2. The summed E-state index contributed by atoms with van der Waals surface area (Å²) < 4.78 is 7.89. The van der Waals surface area contributed by atoms with Crippen LogP contribution in [0.15, 0.2) is 6.20 Å². The van der Waals surface area contributed by atoms with Gasteiger partial charge in [-0.05, 0) is 32.6 Å². The molecule has 0 saturated heterocycles. The van der Waals surface area contributed by atoms with Crippen LogP contribution in [0.1, 0.15) is 43.1 Å². The van der Waals surface area contributed by atoms with Gasteiger partial charge in [0.25, 0.3) is 5.91 Å². The first-order chi connectivity index (χ1) is 8.22. The number of hydrogen-bond donors (Lipinski definition) is 1. The summed E-state index contributed by atoms with van der Waals surface area (Å²) in [5.74, 6) is 0.00159. The molecular formula is C11H18N4OS. The second-order valence-electron chi connectivity index (χ2n) is 4.45. The van der Waals surface area contributed by atoms with Gasteiger partial charge in [-0.3, -0.25) is 4.79 Å². The Balaban J connectivity index is 2.03. The molecule has 2 rings (SSSR count). The molecule has 1 heterocycles. The Labute approximate surface area is 105 Å². The van der Waals surface area contributed by atoms with E-state index in [2.05, 4.69) is 8.75 Å². The number of nitrogens with zero attached hydrogens (tertiary/aromatic N) is 3. The predicted molar refractivity (Wildman–Crippen MR) is 66.9 cm³/mol. The molecule has 1 aromatic heterocycles. The monoisotopic (exact) mass is 254 g/mol. The lowest BCUT2D eigenvalue weighted by atomic mass is 9.90. The molecule has 1 fully saturated rings. The zero-order valence-corrected chi connectivity index (χ0v) is 10.8. The Kier molecular flexibility index (Phi) is 4.06. The van der Waals surface area contributed by atoms with Gasteiger partial charge < -0.3 is 10.6 Å². The highest BCUT2D eigenvalue weighted by Gasteiger charge is 2.28. The van der Waals surface area contributed by atoms with Crippen LogP contribution in [0.25, 0.3) is 0 Å². The van der Waals surface area contributed by atoms with Gasteiger partial charge in [0.05, 0.1) is 17.9 Å². The quantitative estimate of drug-likeness (QED) is 0.881. The zero-order chi connectivity index (χ0) is 12.3. The highest BCUT2D eigenvalue weighted by Crippen LogP contribution is 2.23. The number of amides is 1. The van der Waals surface area contributed by atoms with Gasteiger partial charge in [0.1, 0.15) is 0 Å². The third kappa shape index (κ3) is 2.81. The lowest BCUT2D eigenvalue weighted by molar-refractivity contribution is 0.0636. The fourth-order valence-electron chi connectivity index (χ4n) is 2.39. The average molecular weight is 254 g/mol. The van der Waals surface area contributed by atoms with Gasteiger partial charge in [-0.1, -0.05) is 0 Å². The lowest BCUT2D eigenvalue weighted by Crippen LogP contribution is -2.44. The normalized spacial score (nSPS) is 24.6. The summed E-state index contributed by atoms with van der Waals surface area (Å²) in [6.45, 7) is 2.72. The zero-order valence-electron chi connectivity index (χ0n) is 10.0. The van der Waals surface area contributed by atoms with Gasteiger partial charge in [0, 0.05) is 18.6 Å². The Morgan fingerprint density at radius 3 is 2.76 bits per heavy atom. The van der Waals surface area contributed by atoms with Crippen LogP contribution in [0.3, 0.4) is 0 Å². The highest BCUT2D eigenvalue weighted by atomic mass is 32.1. The minimum Gasteiger partial charge on any atom is -0.335 e. The molecule has 0 radical (unpaired) electrons. The van der Waals surface area contributed by atoms with Crippen molar-refractivity contribution in [3.8, 4) is 0 Å². The lowest BCUT2D eigenvalue weighted by Gasteiger charge is -2.35. The number of carbonyl (C=O) groups is 1. The minimum absolute atomic E-state index is 0.00159. The summed E-state index contributed by atoms with van der Waals surface area (Å²) in [5.41, 5.74) is 6.35. The average Bonchev–Trinajstić information content (AvgIpc) is 2.86. The van der Waals surface area contributed by atoms with Crippen molar-refractivity contribution in [1.82, 2.24) is 13.6 Å². The fraction of sp³-hybridized carbons (Fsp3) is 0.727. The maximum Gasteiger partial charge on any atom is 0.275 e. The van der Waals surface area contributed by atoms with Crippen LogP contribution in [0.2, 0.25) is 0 Å². The SMILES string of the molecule is CCN(C(=O)c1cnsn1)C1CCC(N)CC1. The number of rotatable bonds is 3. The number of carbonyl (C=O) groups excluding carboxylic acids is 1. The molecule has 2 N–H and O–H groups in total. The second-order valence-corrected chi connectivity index (χ2v) is 5.01. The van der Waals surface area contributed by atoms with Crippen LogP contribution in [-0.2, 0) is 0 Å². The first-order valence-corrected chi connectivity index (χ1v) is 6.79. The number of hydrogen-bond acceptors (Lipinski definition) is 5. The molecule has 0 aromatic carbocycles. The predicted octanol–water partition coefficient (Wildman–Crippen LogP) is 1.27. The van der Waals surface area contributed by atoms with Crippen LogP contribution in [-0.4, -0.2) is 38.2 Å². The maximum atomic E-state index is 12.2. The maximum absolute atomic E-state index is 12.2. The van der Waals surface area contributed by atoms with Crippen LogP contribution in [0.4, 0.5) is 0 Å². The first-order valence-electron chi connectivity index (χ1n) is 6.06. The Bertz CT molecular complexity index is 360. The standard InChI is InChI=1S/C11H18N4OS/c1-2-15(9-5-3-8(12)4-6-9)11(16)10-7-13-17-14-10/h7-9H,2-6,12H2,1H3. The summed E-state index contributed by atoms with van der Waals surface area (Å²) in [7, 11) is 0. The van der Waals surface area contributed by atoms with Crippen molar-refractivity contribution < 1.29 is 4.79 Å². The van der Waals surface area contributed by atoms with Crippen molar-refractivity contribution in [2.24, 2.45) is 5.73 Å². The molecule has 1 amide bonds. The van der Waals surface area contributed by atoms with Crippen LogP contribution >= 0.6 is 11.7 Å². The molecule has 0 unspecified atom stereocenters. The Morgan fingerprint density at radius 2 is 2.24 bits per heavy atom. The topological polar surface area (TPSA) is 72.1 Å². The van der Waals surface area contributed by atoms with Gasteiger partial charge in [0.15, 0.2) is 5.69 Å². The molecule has 5 nitrogen and oxygen atoms in total. The molecule has 94 valence electrons. The first kappa shape index (κ1) is 12.4. The molecule has 0 atom stereocenters. The Morgan fingerprint density at radius 1 is 1.53 bits per heavy atom. The van der Waals surface area contributed by atoms with E-state index in [4.69, 9.17) is 5.73 Å². The second kappa shape index (κ2) is 5.55. The van der Waals surface area contributed by atoms with Gasteiger partial charge >= 0.3 is 0 Å². The van der Waals surface area contributed by atoms with Crippen LogP contribution < -0.4 is 5.73 Å². The summed E-state index contributed by atoms with van der Waals surface area (Å²) in [4.78, 5) is 14.1. The van der Waals surface area contributed by atoms with Crippen molar-refractivity contribution in [2.75, 3.05) is 6.54 Å². The summed E-state index contributed by atoms with van der Waals surface area (Å²) in [5, 5.41) is 0. The molecule has 0 aliphatic heterocycles. The molecular weight excluding hydrogens is 236 g/mol. The van der Waals surface area contributed by atoms with Gasteiger partial charge in [0.2, 0.25) is 0 Å². The molecule has 0 bridgehead atoms. The molecule has 1 aliphatic rings. The molecule has 1 saturated carbocycles. The Hall–Kier alpha value is -1.01. The van der Waals surface area contributed by atoms with E-state index >= 15 is 0 Å². The van der Waals surface area contributed by atoms with E-state index in [1.165, 1.54) is 0 Å². The van der Waals surface area contributed by atoms with Crippen LogP contribution in [0.5, 0.6) is 0 Å². The van der Waals surface area contributed by atoms with Gasteiger partial charge in [-0.15, -0.1) is 0 Å². The van der Waals surface area contributed by atoms with Crippen molar-refractivity contribution >= 4 is 17.6 Å². The van der Waals surface area contributed by atoms with Crippen molar-refractivity contribution in [3.63, 3.8) is 0 Å². The van der Waals surface area contributed by atoms with Crippen LogP contribution in [0, 0.1) is 0 Å². The molecule has 1 aromatic rings. The van der Waals surface area contributed by atoms with Crippen molar-refractivity contribution in [1.29, 1.82) is 0 Å². The minimum atomic E-state index is 0.00159. The largest absolute Gasteiger partial charge is 0.335 e. The van der Waals surface area contributed by atoms with E-state index in [1.54, 1.807) is 6.20 Å².